The average Bonchev–Trinajstić information content (AvgIpc) is 2.69. The van der Waals surface area contributed by atoms with Crippen molar-refractivity contribution in [3.05, 3.63) is 84.4 Å². The second-order valence-electron chi connectivity index (χ2n) is 6.01. The first-order valence-corrected chi connectivity index (χ1v) is 8.72. The van der Waals surface area contributed by atoms with Crippen LogP contribution in [0, 0.1) is 0 Å². The van der Waals surface area contributed by atoms with Crippen molar-refractivity contribution in [3.63, 3.8) is 0 Å². The zero-order valence-corrected chi connectivity index (χ0v) is 14.5. The van der Waals surface area contributed by atoms with Gasteiger partial charge in [0, 0.05) is 12.6 Å². The van der Waals surface area contributed by atoms with Crippen molar-refractivity contribution >= 4 is 0 Å². The number of benzene rings is 3. The molecule has 1 atom stereocenters. The van der Waals surface area contributed by atoms with E-state index in [1.165, 1.54) is 0 Å². The van der Waals surface area contributed by atoms with Crippen LogP contribution in [0.25, 0.3) is 0 Å². The largest absolute Gasteiger partial charge is 0.453 e. The van der Waals surface area contributed by atoms with Gasteiger partial charge in [-0.25, -0.2) is 0 Å². The van der Waals surface area contributed by atoms with Gasteiger partial charge in [0.15, 0.2) is 11.5 Å². The van der Waals surface area contributed by atoms with E-state index in [9.17, 15) is 0 Å². The molecular weight excluding hydrogens is 326 g/mol. The van der Waals surface area contributed by atoms with Crippen molar-refractivity contribution in [1.82, 2.24) is 0 Å². The Kier molecular flexibility index (Phi) is 6.25. The summed E-state index contributed by atoms with van der Waals surface area (Å²) in [7, 11) is 0. The first-order chi connectivity index (χ1) is 12.8. The second kappa shape index (κ2) is 9.04. The third-order valence-electron chi connectivity index (χ3n) is 4.01. The summed E-state index contributed by atoms with van der Waals surface area (Å²) in [4.78, 5) is 0. The van der Waals surface area contributed by atoms with Crippen LogP contribution in [0.4, 0.5) is 0 Å². The van der Waals surface area contributed by atoms with Gasteiger partial charge in [-0.05, 0) is 54.8 Å². The quantitative estimate of drug-likeness (QED) is 0.598. The van der Waals surface area contributed by atoms with E-state index in [2.05, 4.69) is 0 Å². The van der Waals surface area contributed by atoms with E-state index in [0.29, 0.717) is 24.3 Å². The molecule has 0 spiro atoms. The Bertz CT molecular complexity index is 806. The van der Waals surface area contributed by atoms with Gasteiger partial charge in [-0.15, -0.1) is 0 Å². The smallest absolute Gasteiger partial charge is 0.170 e. The summed E-state index contributed by atoms with van der Waals surface area (Å²) in [6.45, 7) is 0.135. The topological polar surface area (TPSA) is 64.7 Å². The lowest BCUT2D eigenvalue weighted by atomic mass is 10.0. The summed E-state index contributed by atoms with van der Waals surface area (Å²) >= 11 is 0. The lowest BCUT2D eigenvalue weighted by Gasteiger charge is -2.17. The van der Waals surface area contributed by atoms with Gasteiger partial charge >= 0.3 is 0 Å². The van der Waals surface area contributed by atoms with Crippen molar-refractivity contribution < 1.29 is 14.6 Å². The number of hydrogen-bond donors (Lipinski definition) is 2. The van der Waals surface area contributed by atoms with Crippen LogP contribution in [0.1, 0.15) is 24.4 Å². The average molecular weight is 349 g/mol. The molecule has 134 valence electrons. The lowest BCUT2D eigenvalue weighted by Crippen LogP contribution is -2.11. The fourth-order valence-corrected chi connectivity index (χ4v) is 2.63. The summed E-state index contributed by atoms with van der Waals surface area (Å²) in [6.07, 6.45) is 1.37. The minimum Gasteiger partial charge on any atom is -0.453 e. The highest BCUT2D eigenvalue weighted by Gasteiger charge is 2.13. The fourth-order valence-electron chi connectivity index (χ4n) is 2.63. The predicted octanol–water partition coefficient (Wildman–Crippen LogP) is 5.04. The van der Waals surface area contributed by atoms with Gasteiger partial charge in [0.2, 0.25) is 0 Å². The highest BCUT2D eigenvalue weighted by Crippen LogP contribution is 2.37. The Morgan fingerprint density at radius 1 is 0.769 bits per heavy atom. The van der Waals surface area contributed by atoms with E-state index in [0.717, 1.165) is 17.1 Å². The van der Waals surface area contributed by atoms with Crippen LogP contribution < -0.4 is 15.2 Å². The molecule has 0 fully saturated rings. The Morgan fingerprint density at radius 2 is 1.35 bits per heavy atom. The van der Waals surface area contributed by atoms with Crippen LogP contribution in [0.3, 0.4) is 0 Å². The highest BCUT2D eigenvalue weighted by molar-refractivity contribution is 5.48. The third kappa shape index (κ3) is 4.85. The zero-order valence-electron chi connectivity index (χ0n) is 14.5. The molecule has 3 aromatic carbocycles. The Labute approximate surface area is 153 Å². The highest BCUT2D eigenvalue weighted by atomic mass is 16.5. The molecule has 0 heterocycles. The van der Waals surface area contributed by atoms with Crippen LogP contribution in [-0.4, -0.2) is 11.7 Å². The second-order valence-corrected chi connectivity index (χ2v) is 6.01. The summed E-state index contributed by atoms with van der Waals surface area (Å²) in [5.74, 6) is 2.70. The fraction of sp³-hybridized carbons (Fsp3) is 0.182. The first kappa shape index (κ1) is 18.0. The number of aliphatic hydroxyl groups is 1. The lowest BCUT2D eigenvalue weighted by molar-refractivity contribution is 0.280. The van der Waals surface area contributed by atoms with Gasteiger partial charge < -0.3 is 20.3 Å². The van der Waals surface area contributed by atoms with E-state index in [1.807, 2.05) is 78.9 Å². The number of aliphatic hydroxyl groups excluding tert-OH is 1. The maximum absolute atomic E-state index is 9.02. The Balaban J connectivity index is 1.89. The molecule has 0 aliphatic rings. The molecular formula is C22H23NO3. The van der Waals surface area contributed by atoms with Crippen LogP contribution in [0.5, 0.6) is 23.0 Å². The first-order valence-electron chi connectivity index (χ1n) is 8.72. The van der Waals surface area contributed by atoms with Gasteiger partial charge in [-0.2, -0.15) is 0 Å². The van der Waals surface area contributed by atoms with Crippen molar-refractivity contribution in [3.8, 4) is 23.0 Å². The Hall–Kier alpha value is -2.82. The number of hydrogen-bond acceptors (Lipinski definition) is 4. The standard InChI is InChI=1S/C22H23NO3/c23-20(12-7-15-24)17-13-14-21(25-18-8-3-1-4-9-18)22(16-17)26-19-10-5-2-6-11-19/h1-6,8-11,13-14,16,20,24H,7,12,15,23H2/t20-/m0/s1. The summed E-state index contributed by atoms with van der Waals surface area (Å²) in [6, 6.07) is 24.7. The van der Waals surface area contributed by atoms with Crippen LogP contribution >= 0.6 is 0 Å². The maximum atomic E-state index is 9.02. The minimum absolute atomic E-state index is 0.135. The maximum Gasteiger partial charge on any atom is 0.170 e. The van der Waals surface area contributed by atoms with Gasteiger partial charge in [-0.1, -0.05) is 42.5 Å². The molecule has 3 rings (SSSR count). The molecule has 0 saturated carbocycles. The van der Waals surface area contributed by atoms with E-state index in [-0.39, 0.29) is 12.6 Å². The van der Waals surface area contributed by atoms with Gasteiger partial charge in [0.05, 0.1) is 0 Å². The molecule has 0 aliphatic carbocycles. The molecule has 4 heteroatoms. The number of nitrogens with two attached hydrogens (primary N) is 1. The molecule has 0 amide bonds. The van der Waals surface area contributed by atoms with E-state index < -0.39 is 0 Å². The summed E-state index contributed by atoms with van der Waals surface area (Å²) < 4.78 is 12.0. The zero-order chi connectivity index (χ0) is 18.2. The molecule has 26 heavy (non-hydrogen) atoms. The van der Waals surface area contributed by atoms with Crippen molar-refractivity contribution in [1.29, 1.82) is 0 Å². The van der Waals surface area contributed by atoms with Crippen LogP contribution in [0.15, 0.2) is 78.9 Å². The minimum atomic E-state index is -0.161. The van der Waals surface area contributed by atoms with Crippen LogP contribution in [0.2, 0.25) is 0 Å². The van der Waals surface area contributed by atoms with Gasteiger partial charge in [-0.3, -0.25) is 0 Å². The molecule has 0 bridgehead atoms. The molecule has 3 N–H and O–H groups in total. The normalized spacial score (nSPS) is 11.8. The number of ether oxygens (including phenoxy) is 2. The van der Waals surface area contributed by atoms with E-state index in [4.69, 9.17) is 20.3 Å². The molecule has 4 nitrogen and oxygen atoms in total. The van der Waals surface area contributed by atoms with Crippen molar-refractivity contribution in [2.75, 3.05) is 6.61 Å². The summed E-state index contributed by atoms with van der Waals surface area (Å²) in [5.41, 5.74) is 7.19. The number of para-hydroxylation sites is 2. The predicted molar refractivity (Wildman–Crippen MR) is 103 cm³/mol. The van der Waals surface area contributed by atoms with Crippen molar-refractivity contribution in [2.24, 2.45) is 5.73 Å². The van der Waals surface area contributed by atoms with Gasteiger partial charge in [0.1, 0.15) is 11.5 Å². The van der Waals surface area contributed by atoms with E-state index >= 15 is 0 Å². The van der Waals surface area contributed by atoms with Crippen LogP contribution in [-0.2, 0) is 0 Å². The molecule has 0 saturated heterocycles. The summed E-state index contributed by atoms with van der Waals surface area (Å²) in [5, 5.41) is 9.02. The molecule has 3 aromatic rings. The molecule has 0 aromatic heterocycles. The molecule has 0 aliphatic heterocycles. The van der Waals surface area contributed by atoms with E-state index in [1.54, 1.807) is 0 Å². The van der Waals surface area contributed by atoms with Gasteiger partial charge in [0.25, 0.3) is 0 Å². The SMILES string of the molecule is N[C@@H](CCCO)c1ccc(Oc2ccccc2)c(Oc2ccccc2)c1. The monoisotopic (exact) mass is 349 g/mol. The molecule has 0 radical (unpaired) electrons. The third-order valence-corrected chi connectivity index (χ3v) is 4.01. The Morgan fingerprint density at radius 3 is 1.92 bits per heavy atom. The van der Waals surface area contributed by atoms with Crippen molar-refractivity contribution in [2.45, 2.75) is 18.9 Å². The number of rotatable bonds is 8. The molecule has 0 unspecified atom stereocenters.